The molecule has 1 amide bonds. The van der Waals surface area contributed by atoms with Crippen molar-refractivity contribution in [2.75, 3.05) is 26.2 Å². The molecule has 1 aliphatic rings. The molecule has 0 aromatic carbocycles. The summed E-state index contributed by atoms with van der Waals surface area (Å²) in [5, 5.41) is 7.63. The number of nitrogens with zero attached hydrogens (tertiary/aromatic N) is 1. The molecular weight excluding hydrogens is 155 g/mol. The van der Waals surface area contributed by atoms with E-state index in [0.29, 0.717) is 5.28 Å². The third-order valence-electron chi connectivity index (χ3n) is 1.79. The number of hydrogen-bond donors (Lipinski definition) is 1. The van der Waals surface area contributed by atoms with Crippen molar-refractivity contribution in [1.29, 1.82) is 0 Å². The van der Waals surface area contributed by atoms with E-state index >= 15 is 0 Å². The molecule has 0 radical (unpaired) electrons. The summed E-state index contributed by atoms with van der Waals surface area (Å²) in [4.78, 5) is 13.2. The molecule has 0 aromatic heterocycles. The maximum absolute atomic E-state index is 11.3. The van der Waals surface area contributed by atoms with E-state index in [1.165, 1.54) is 0 Å². The van der Waals surface area contributed by atoms with Crippen molar-refractivity contribution >= 4 is 26.1 Å². The first-order valence-corrected chi connectivity index (χ1v) is 5.57. The summed E-state index contributed by atoms with van der Waals surface area (Å²) in [6.07, 6.45) is 0. The molecule has 3 nitrogen and oxygen atoms in total. The SMILES string of the molecule is [CH2]=[Al][CH2]C(=O)N1CCNCC1. The van der Waals surface area contributed by atoms with E-state index in [0.717, 1.165) is 26.2 Å². The van der Waals surface area contributed by atoms with E-state index in [2.05, 4.69) is 10.7 Å². The monoisotopic (exact) mass is 168 g/mol. The van der Waals surface area contributed by atoms with Gasteiger partial charge in [-0.25, -0.2) is 0 Å². The van der Waals surface area contributed by atoms with E-state index < -0.39 is 0 Å². The predicted octanol–water partition coefficient (Wildman–Crippen LogP) is -1.03. The zero-order valence-corrected chi connectivity index (χ0v) is 7.83. The van der Waals surface area contributed by atoms with E-state index in [-0.39, 0.29) is 20.7 Å². The molecule has 1 fully saturated rings. The molecule has 0 atom stereocenters. The fraction of sp³-hybridized carbons (Fsp3) is 0.714. The first kappa shape index (κ1) is 8.92. The average Bonchev–Trinajstić information content (AvgIpc) is 2.07. The van der Waals surface area contributed by atoms with E-state index in [1.807, 2.05) is 4.90 Å². The van der Waals surface area contributed by atoms with Crippen LogP contribution < -0.4 is 5.32 Å². The normalized spacial score (nSPS) is 17.6. The van der Waals surface area contributed by atoms with Crippen LogP contribution in [0.2, 0.25) is 5.28 Å². The van der Waals surface area contributed by atoms with Crippen molar-refractivity contribution in [3.63, 3.8) is 0 Å². The summed E-state index contributed by atoms with van der Waals surface area (Å²) in [5.41, 5.74) is 0. The summed E-state index contributed by atoms with van der Waals surface area (Å²) in [6, 6.07) is 0. The first-order valence-electron chi connectivity index (χ1n) is 3.94. The van der Waals surface area contributed by atoms with Crippen LogP contribution in [-0.2, 0) is 4.79 Å². The number of carbonyl (C=O) groups excluding carboxylic acids is 1. The van der Waals surface area contributed by atoms with Crippen LogP contribution in [0.5, 0.6) is 0 Å². The Morgan fingerprint density at radius 2 is 2.18 bits per heavy atom. The number of hydrogen-bond acceptors (Lipinski definition) is 2. The first-order chi connectivity index (χ1) is 5.34. The molecule has 1 rings (SSSR count). The number of nitrogens with one attached hydrogen (secondary N) is 1. The molecule has 1 N–H and O–H groups in total. The number of piperazine rings is 1. The molecule has 0 bridgehead atoms. The van der Waals surface area contributed by atoms with Crippen LogP contribution >= 0.6 is 0 Å². The van der Waals surface area contributed by atoms with Crippen LogP contribution in [0.1, 0.15) is 0 Å². The molecule has 0 aliphatic carbocycles. The molecule has 1 saturated heterocycles. The van der Waals surface area contributed by atoms with Gasteiger partial charge in [-0.3, -0.25) is 0 Å². The van der Waals surface area contributed by atoms with E-state index in [4.69, 9.17) is 0 Å². The minimum atomic E-state index is 0.0804. The van der Waals surface area contributed by atoms with Gasteiger partial charge in [0.2, 0.25) is 0 Å². The third-order valence-corrected chi connectivity index (χ3v) is 2.43. The quantitative estimate of drug-likeness (QED) is 0.535. The Morgan fingerprint density at radius 3 is 2.73 bits per heavy atom. The Hall–Kier alpha value is -0.168. The van der Waals surface area contributed by atoms with Gasteiger partial charge >= 0.3 is 72.5 Å². The second-order valence-electron chi connectivity index (χ2n) is 2.62. The minimum absolute atomic E-state index is 0.0804. The van der Waals surface area contributed by atoms with E-state index in [9.17, 15) is 4.79 Å². The van der Waals surface area contributed by atoms with Crippen LogP contribution in [0.15, 0.2) is 0 Å². The van der Waals surface area contributed by atoms with Gasteiger partial charge in [-0.05, 0) is 0 Å². The molecule has 4 heteroatoms. The molecule has 1 heterocycles. The Morgan fingerprint density at radius 1 is 1.55 bits per heavy atom. The van der Waals surface area contributed by atoms with Crippen LogP contribution in [0.4, 0.5) is 0 Å². The zero-order valence-electron chi connectivity index (χ0n) is 6.68. The van der Waals surface area contributed by atoms with Crippen molar-refractivity contribution in [2.24, 2.45) is 0 Å². The second-order valence-corrected chi connectivity index (χ2v) is 3.61. The van der Waals surface area contributed by atoms with Gasteiger partial charge in [-0.2, -0.15) is 0 Å². The molecule has 0 unspecified atom stereocenters. The van der Waals surface area contributed by atoms with E-state index in [1.54, 1.807) is 0 Å². The fourth-order valence-corrected chi connectivity index (χ4v) is 1.67. The van der Waals surface area contributed by atoms with Crippen molar-refractivity contribution in [1.82, 2.24) is 10.2 Å². The van der Waals surface area contributed by atoms with Gasteiger partial charge in [0.25, 0.3) is 0 Å². The Labute approximate surface area is 73.0 Å². The summed E-state index contributed by atoms with van der Waals surface area (Å²) in [5.74, 6) is 0.288. The molecule has 0 aromatic rings. The summed E-state index contributed by atoms with van der Waals surface area (Å²) in [7, 11) is 0. The van der Waals surface area contributed by atoms with Crippen LogP contribution in [0, 0.1) is 0 Å². The molecule has 0 saturated carbocycles. The molecule has 1 aliphatic heterocycles. The average molecular weight is 168 g/mol. The Balaban J connectivity index is 2.32. The van der Waals surface area contributed by atoms with Crippen molar-refractivity contribution in [2.45, 2.75) is 5.28 Å². The third kappa shape index (κ3) is 2.74. The van der Waals surface area contributed by atoms with Gasteiger partial charge in [0.15, 0.2) is 0 Å². The molecular formula is C7H13AlN2O. The number of amides is 1. The Kier molecular flexibility index (Phi) is 3.78. The molecule has 0 spiro atoms. The van der Waals surface area contributed by atoms with Gasteiger partial charge in [-0.1, -0.05) is 0 Å². The van der Waals surface area contributed by atoms with Gasteiger partial charge in [0.1, 0.15) is 0 Å². The second kappa shape index (κ2) is 4.66. The summed E-state index contributed by atoms with van der Waals surface area (Å²) in [6.45, 7) is 3.63. The number of rotatable bonds is 2. The van der Waals surface area contributed by atoms with Gasteiger partial charge < -0.3 is 0 Å². The van der Waals surface area contributed by atoms with Gasteiger partial charge in [0, 0.05) is 0 Å². The number of carbonyl (C=O) groups is 1. The van der Waals surface area contributed by atoms with Gasteiger partial charge in [0.05, 0.1) is 0 Å². The Bertz CT molecular complexity index is 155. The fourth-order valence-electron chi connectivity index (χ4n) is 1.17. The van der Waals surface area contributed by atoms with Crippen molar-refractivity contribution in [3.8, 4) is 0 Å². The van der Waals surface area contributed by atoms with Crippen LogP contribution in [0.25, 0.3) is 0 Å². The van der Waals surface area contributed by atoms with Gasteiger partial charge in [-0.15, -0.1) is 0 Å². The summed E-state index contributed by atoms with van der Waals surface area (Å²) >= 11 is 0.0804. The predicted molar refractivity (Wildman–Crippen MR) is 47.1 cm³/mol. The van der Waals surface area contributed by atoms with Crippen molar-refractivity contribution < 1.29 is 4.79 Å². The summed E-state index contributed by atoms with van der Waals surface area (Å²) < 4.78 is 0. The zero-order chi connectivity index (χ0) is 8.10. The standard InChI is InChI=1S/C6H11N2O.CH2.Al/c1-6(9)8-4-2-7-3-5-8;;/h7H,1-5H2;1H2;. The van der Waals surface area contributed by atoms with Crippen LogP contribution in [-0.4, -0.2) is 57.2 Å². The van der Waals surface area contributed by atoms with Crippen LogP contribution in [0.3, 0.4) is 0 Å². The molecule has 60 valence electrons. The maximum atomic E-state index is 11.3. The topological polar surface area (TPSA) is 32.3 Å². The molecule has 11 heavy (non-hydrogen) atoms. The van der Waals surface area contributed by atoms with Crippen molar-refractivity contribution in [3.05, 3.63) is 0 Å².